The van der Waals surface area contributed by atoms with E-state index in [-0.39, 0.29) is 29.6 Å². The number of amides is 2. The van der Waals surface area contributed by atoms with E-state index in [0.29, 0.717) is 16.2 Å². The number of ether oxygens (including phenoxy) is 1. The summed E-state index contributed by atoms with van der Waals surface area (Å²) in [6.07, 6.45) is 0.0947. The van der Waals surface area contributed by atoms with Crippen molar-refractivity contribution in [3.05, 3.63) is 34.4 Å². The molecule has 120 valence electrons. The molecule has 4 N–H and O–H groups in total. The van der Waals surface area contributed by atoms with Crippen LogP contribution in [0.15, 0.2) is 28.8 Å². The molecule has 0 saturated carbocycles. The van der Waals surface area contributed by atoms with Crippen LogP contribution >= 0.6 is 11.8 Å². The zero-order valence-corrected chi connectivity index (χ0v) is 13.1. The first-order valence-corrected chi connectivity index (χ1v) is 7.67. The molecule has 0 spiro atoms. The molecule has 1 heterocycles. The van der Waals surface area contributed by atoms with Crippen molar-refractivity contribution in [2.75, 3.05) is 12.9 Å². The number of phenolic OH excluding ortho intramolecular Hbond substituents is 1. The molecule has 0 bridgehead atoms. The number of methoxy groups -OCH3 is 1. The minimum absolute atomic E-state index is 0.0256. The summed E-state index contributed by atoms with van der Waals surface area (Å²) < 4.78 is 5.06. The predicted molar refractivity (Wildman–Crippen MR) is 84.5 cm³/mol. The molecule has 7 nitrogen and oxygen atoms in total. The number of hydrogen-bond acceptors (Lipinski definition) is 6. The Hall–Kier alpha value is -2.66. The van der Waals surface area contributed by atoms with Crippen molar-refractivity contribution in [2.24, 2.45) is 5.73 Å². The van der Waals surface area contributed by atoms with Gasteiger partial charge in [0.1, 0.15) is 0 Å². The second-order valence-electron chi connectivity index (χ2n) is 4.85. The Morgan fingerprint density at radius 2 is 2.35 bits per heavy atom. The van der Waals surface area contributed by atoms with Gasteiger partial charge in [-0.25, -0.2) is 0 Å². The molecule has 1 aromatic carbocycles. The zero-order chi connectivity index (χ0) is 17.0. The number of phenols is 1. The molecule has 1 atom stereocenters. The predicted octanol–water partition coefficient (Wildman–Crippen LogP) is 0.958. The molecule has 0 aromatic heterocycles. The Balaban J connectivity index is 2.43. The highest BCUT2D eigenvalue weighted by molar-refractivity contribution is 8.03. The van der Waals surface area contributed by atoms with Crippen molar-refractivity contribution in [2.45, 2.75) is 12.3 Å². The Morgan fingerprint density at radius 3 is 2.96 bits per heavy atom. The number of thioether (sulfide) groups is 1. The third-order valence-corrected chi connectivity index (χ3v) is 4.36. The number of benzene rings is 1. The van der Waals surface area contributed by atoms with Crippen LogP contribution in [0.4, 0.5) is 0 Å². The number of nitrogens with two attached hydrogens (primary N) is 1. The number of aromatic hydroxyl groups is 1. The molecule has 0 saturated heterocycles. The van der Waals surface area contributed by atoms with Gasteiger partial charge in [-0.1, -0.05) is 17.8 Å². The SMILES string of the molecule is COc1cc([C@@H]2CC(=O)NC(SCC(N)=O)=C2C#N)ccc1O. The summed E-state index contributed by atoms with van der Waals surface area (Å²) in [4.78, 5) is 22.8. The first kappa shape index (κ1) is 16.7. The minimum atomic E-state index is -0.539. The van der Waals surface area contributed by atoms with E-state index in [9.17, 15) is 20.0 Å². The van der Waals surface area contributed by atoms with E-state index in [1.807, 2.05) is 0 Å². The number of carbonyl (C=O) groups excluding carboxylic acids is 2. The van der Waals surface area contributed by atoms with Gasteiger partial charge in [0.25, 0.3) is 0 Å². The van der Waals surface area contributed by atoms with Gasteiger partial charge in [0.05, 0.1) is 29.5 Å². The van der Waals surface area contributed by atoms with E-state index < -0.39 is 11.8 Å². The maximum Gasteiger partial charge on any atom is 0.227 e. The van der Waals surface area contributed by atoms with Crippen LogP contribution in [0.3, 0.4) is 0 Å². The fraction of sp³-hybridized carbons (Fsp3) is 0.267. The third kappa shape index (κ3) is 3.76. The summed E-state index contributed by atoms with van der Waals surface area (Å²) in [5, 5.41) is 22.1. The van der Waals surface area contributed by atoms with Crippen molar-refractivity contribution in [1.82, 2.24) is 5.32 Å². The van der Waals surface area contributed by atoms with Crippen LogP contribution in [0.2, 0.25) is 0 Å². The lowest BCUT2D eigenvalue weighted by Crippen LogP contribution is -2.31. The van der Waals surface area contributed by atoms with Crippen molar-refractivity contribution in [3.63, 3.8) is 0 Å². The number of nitrogens with zero attached hydrogens (tertiary/aromatic N) is 1. The van der Waals surface area contributed by atoms with Crippen LogP contribution in [0, 0.1) is 11.3 Å². The van der Waals surface area contributed by atoms with Crippen LogP contribution < -0.4 is 15.8 Å². The Morgan fingerprint density at radius 1 is 1.61 bits per heavy atom. The van der Waals surface area contributed by atoms with Crippen molar-refractivity contribution >= 4 is 23.6 Å². The van der Waals surface area contributed by atoms with Gasteiger partial charge in [0.2, 0.25) is 11.8 Å². The van der Waals surface area contributed by atoms with E-state index in [4.69, 9.17) is 10.5 Å². The maximum absolute atomic E-state index is 11.9. The fourth-order valence-corrected chi connectivity index (χ4v) is 3.09. The second-order valence-corrected chi connectivity index (χ2v) is 5.83. The molecular formula is C15H15N3O4S. The molecule has 0 radical (unpaired) electrons. The number of primary amides is 1. The summed E-state index contributed by atoms with van der Waals surface area (Å²) >= 11 is 1.02. The molecule has 23 heavy (non-hydrogen) atoms. The standard InChI is InChI=1S/C15H15N3O4S/c1-22-12-4-8(2-3-11(12)19)9-5-14(21)18-15(10(9)6-16)23-7-13(17)20/h2-4,9,19H,5,7H2,1H3,(H2,17,20)(H,18,21)/t9-/m0/s1. The van der Waals surface area contributed by atoms with Gasteiger partial charge in [-0.05, 0) is 17.7 Å². The molecule has 0 aliphatic carbocycles. The zero-order valence-electron chi connectivity index (χ0n) is 12.3. The molecule has 1 aliphatic rings. The number of nitrogens with one attached hydrogen (secondary N) is 1. The van der Waals surface area contributed by atoms with Crippen LogP contribution in [0.5, 0.6) is 11.5 Å². The normalized spacial score (nSPS) is 17.4. The van der Waals surface area contributed by atoms with Gasteiger partial charge in [0.15, 0.2) is 11.5 Å². The summed E-state index contributed by atoms with van der Waals surface area (Å²) in [6.45, 7) is 0. The van der Waals surface area contributed by atoms with Gasteiger partial charge >= 0.3 is 0 Å². The Labute approximate surface area is 137 Å². The third-order valence-electron chi connectivity index (χ3n) is 3.32. The lowest BCUT2D eigenvalue weighted by Gasteiger charge is -2.25. The highest BCUT2D eigenvalue weighted by atomic mass is 32.2. The fourth-order valence-electron chi connectivity index (χ4n) is 2.27. The summed E-state index contributed by atoms with van der Waals surface area (Å²) in [5.41, 5.74) is 6.13. The summed E-state index contributed by atoms with van der Waals surface area (Å²) in [5.74, 6) is -1.07. The van der Waals surface area contributed by atoms with Crippen LogP contribution in [-0.4, -0.2) is 29.8 Å². The van der Waals surface area contributed by atoms with Gasteiger partial charge in [-0.2, -0.15) is 5.26 Å². The molecule has 0 unspecified atom stereocenters. The monoisotopic (exact) mass is 333 g/mol. The summed E-state index contributed by atoms with van der Waals surface area (Å²) in [6, 6.07) is 6.76. The van der Waals surface area contributed by atoms with Crippen molar-refractivity contribution in [3.8, 4) is 17.6 Å². The van der Waals surface area contributed by atoms with Crippen LogP contribution in [-0.2, 0) is 9.59 Å². The number of allylic oxidation sites excluding steroid dienone is 1. The number of nitriles is 1. The molecular weight excluding hydrogens is 318 g/mol. The lowest BCUT2D eigenvalue weighted by atomic mass is 9.87. The van der Waals surface area contributed by atoms with Crippen molar-refractivity contribution < 1.29 is 19.4 Å². The molecule has 2 amide bonds. The topological polar surface area (TPSA) is 125 Å². The van der Waals surface area contributed by atoms with E-state index in [0.717, 1.165) is 11.8 Å². The molecule has 1 aliphatic heterocycles. The number of rotatable bonds is 5. The molecule has 2 rings (SSSR count). The first-order chi connectivity index (χ1) is 11.0. The second kappa shape index (κ2) is 7.07. The average molecular weight is 333 g/mol. The Kier molecular flexibility index (Phi) is 5.13. The molecule has 8 heteroatoms. The van der Waals surface area contributed by atoms with Crippen LogP contribution in [0.1, 0.15) is 17.9 Å². The van der Waals surface area contributed by atoms with E-state index >= 15 is 0 Å². The van der Waals surface area contributed by atoms with Crippen LogP contribution in [0.25, 0.3) is 0 Å². The average Bonchev–Trinajstić information content (AvgIpc) is 2.52. The highest BCUT2D eigenvalue weighted by Crippen LogP contribution is 2.38. The lowest BCUT2D eigenvalue weighted by molar-refractivity contribution is -0.121. The van der Waals surface area contributed by atoms with Gasteiger partial charge in [-0.15, -0.1) is 0 Å². The van der Waals surface area contributed by atoms with E-state index in [1.165, 1.54) is 13.2 Å². The molecule has 0 fully saturated rings. The van der Waals surface area contributed by atoms with E-state index in [2.05, 4.69) is 11.4 Å². The van der Waals surface area contributed by atoms with Crippen molar-refractivity contribution in [1.29, 1.82) is 5.26 Å². The largest absolute Gasteiger partial charge is 0.504 e. The smallest absolute Gasteiger partial charge is 0.227 e. The number of hydrogen-bond donors (Lipinski definition) is 3. The first-order valence-electron chi connectivity index (χ1n) is 6.68. The quantitative estimate of drug-likeness (QED) is 0.737. The van der Waals surface area contributed by atoms with E-state index in [1.54, 1.807) is 12.1 Å². The highest BCUT2D eigenvalue weighted by Gasteiger charge is 2.30. The van der Waals surface area contributed by atoms with Gasteiger partial charge in [-0.3, -0.25) is 9.59 Å². The van der Waals surface area contributed by atoms with Gasteiger partial charge < -0.3 is 20.9 Å². The maximum atomic E-state index is 11.9. The minimum Gasteiger partial charge on any atom is -0.504 e. The molecule has 1 aromatic rings. The van der Waals surface area contributed by atoms with Gasteiger partial charge in [0, 0.05) is 12.3 Å². The summed E-state index contributed by atoms with van der Waals surface area (Å²) in [7, 11) is 1.42. The number of carbonyl (C=O) groups is 2. The Bertz CT molecular complexity index is 724.